The number of nitro benzene ring substituents is 1. The molecule has 9 nitrogen and oxygen atoms in total. The van der Waals surface area contributed by atoms with Gasteiger partial charge < -0.3 is 10.2 Å². The van der Waals surface area contributed by atoms with Gasteiger partial charge in [0.1, 0.15) is 6.54 Å². The van der Waals surface area contributed by atoms with E-state index >= 15 is 0 Å². The van der Waals surface area contributed by atoms with Gasteiger partial charge in [0.25, 0.3) is 17.5 Å². The van der Waals surface area contributed by atoms with Gasteiger partial charge in [0.2, 0.25) is 5.91 Å². The fraction of sp³-hybridized carbons (Fsp3) is 0.526. The van der Waals surface area contributed by atoms with E-state index in [1.165, 1.54) is 18.6 Å². The summed E-state index contributed by atoms with van der Waals surface area (Å²) in [5.41, 5.74) is -0.440. The number of nitrogens with zero attached hydrogens (tertiary/aromatic N) is 3. The Morgan fingerprint density at radius 3 is 2.50 bits per heavy atom. The third kappa shape index (κ3) is 2.61. The predicted molar refractivity (Wildman–Crippen MR) is 96.6 cm³/mol. The van der Waals surface area contributed by atoms with Crippen LogP contribution in [0.25, 0.3) is 0 Å². The summed E-state index contributed by atoms with van der Waals surface area (Å²) in [6, 6.07) is 3.56. The highest BCUT2D eigenvalue weighted by Crippen LogP contribution is 2.45. The summed E-state index contributed by atoms with van der Waals surface area (Å²) in [6.45, 7) is 2.63. The van der Waals surface area contributed by atoms with Crippen LogP contribution in [0.4, 0.5) is 5.69 Å². The average molecular weight is 384 g/mol. The second kappa shape index (κ2) is 5.84. The van der Waals surface area contributed by atoms with Gasteiger partial charge in [-0.1, -0.05) is 0 Å². The second-order valence-corrected chi connectivity index (χ2v) is 8.58. The first-order valence-electron chi connectivity index (χ1n) is 9.51. The molecular formula is C19H20N4O5. The SMILES string of the molecule is O=C(CN1C(=O)c2ccc([N+](=O)[O-])cc2C1=O)NC12CC3CC(CN(C3)C1)C2. The van der Waals surface area contributed by atoms with Gasteiger partial charge in [0.05, 0.1) is 21.6 Å². The first-order valence-corrected chi connectivity index (χ1v) is 9.51. The molecule has 5 aliphatic rings. The van der Waals surface area contributed by atoms with E-state index in [0.29, 0.717) is 11.8 Å². The largest absolute Gasteiger partial charge is 0.348 e. The first kappa shape index (κ1) is 17.3. The van der Waals surface area contributed by atoms with E-state index in [1.54, 1.807) is 0 Å². The van der Waals surface area contributed by atoms with Gasteiger partial charge in [-0.2, -0.15) is 0 Å². The third-order valence-corrected chi connectivity index (χ3v) is 6.46. The zero-order chi connectivity index (χ0) is 19.6. The molecule has 1 aromatic carbocycles. The van der Waals surface area contributed by atoms with Crippen molar-refractivity contribution in [3.8, 4) is 0 Å². The van der Waals surface area contributed by atoms with Crippen molar-refractivity contribution in [1.29, 1.82) is 0 Å². The van der Waals surface area contributed by atoms with Crippen LogP contribution in [0, 0.1) is 22.0 Å². The molecule has 4 aliphatic heterocycles. The van der Waals surface area contributed by atoms with Crippen LogP contribution in [0.15, 0.2) is 18.2 Å². The van der Waals surface area contributed by atoms with Crippen LogP contribution in [0.1, 0.15) is 40.0 Å². The first-order chi connectivity index (χ1) is 13.3. The minimum absolute atomic E-state index is 0.0204. The van der Waals surface area contributed by atoms with Gasteiger partial charge >= 0.3 is 0 Å². The van der Waals surface area contributed by atoms with Crippen LogP contribution >= 0.6 is 0 Å². The lowest BCUT2D eigenvalue weighted by Crippen LogP contribution is -2.69. The van der Waals surface area contributed by atoms with Crippen molar-refractivity contribution in [3.05, 3.63) is 39.4 Å². The molecule has 4 fully saturated rings. The van der Waals surface area contributed by atoms with Crippen molar-refractivity contribution >= 4 is 23.4 Å². The fourth-order valence-electron chi connectivity index (χ4n) is 5.75. The van der Waals surface area contributed by atoms with Gasteiger partial charge in [0, 0.05) is 31.8 Å². The Bertz CT molecular complexity index is 892. The standard InChI is InChI=1S/C19H20N4O5/c24-16(20-19-5-11-3-12(6-19)8-21(7-11)10-19)9-22-17(25)14-2-1-13(23(27)28)4-15(14)18(22)26/h1-2,4,11-12H,3,5-10H2,(H,20,24). The van der Waals surface area contributed by atoms with Crippen LogP contribution in [-0.4, -0.2) is 64.2 Å². The molecule has 0 aromatic heterocycles. The number of rotatable bonds is 4. The maximum atomic E-state index is 12.7. The maximum absolute atomic E-state index is 12.7. The minimum atomic E-state index is -0.659. The number of hydrogen-bond acceptors (Lipinski definition) is 6. The Hall–Kier alpha value is -2.81. The average Bonchev–Trinajstić information content (AvgIpc) is 2.84. The van der Waals surface area contributed by atoms with Gasteiger partial charge in [-0.05, 0) is 37.2 Å². The molecule has 0 spiro atoms. The number of nitrogens with one attached hydrogen (secondary N) is 1. The number of carbonyl (C=O) groups is 3. The van der Waals surface area contributed by atoms with Crippen LogP contribution in [0.5, 0.6) is 0 Å². The smallest absolute Gasteiger partial charge is 0.270 e. The lowest BCUT2D eigenvalue weighted by atomic mass is 9.64. The zero-order valence-electron chi connectivity index (χ0n) is 15.2. The number of imide groups is 1. The summed E-state index contributed by atoms with van der Waals surface area (Å²) < 4.78 is 0. The molecule has 0 radical (unpaired) electrons. The summed E-state index contributed by atoms with van der Waals surface area (Å²) >= 11 is 0. The Morgan fingerprint density at radius 2 is 1.86 bits per heavy atom. The summed E-state index contributed by atoms with van der Waals surface area (Å²) in [4.78, 5) is 51.4. The molecule has 146 valence electrons. The Labute approximate surface area is 160 Å². The quantitative estimate of drug-likeness (QED) is 0.467. The number of fused-ring (bicyclic) bond motifs is 1. The maximum Gasteiger partial charge on any atom is 0.270 e. The number of carbonyl (C=O) groups excluding carboxylic acids is 3. The molecule has 1 aromatic rings. The molecule has 3 amide bonds. The summed E-state index contributed by atoms with van der Waals surface area (Å²) in [5.74, 6) is -0.401. The lowest BCUT2D eigenvalue weighted by molar-refractivity contribution is -0.384. The van der Waals surface area contributed by atoms with E-state index in [1.807, 2.05) is 0 Å². The Kier molecular flexibility index (Phi) is 3.61. The molecule has 2 atom stereocenters. The lowest BCUT2D eigenvalue weighted by Gasteiger charge is -2.58. The molecule has 4 heterocycles. The van der Waals surface area contributed by atoms with E-state index < -0.39 is 16.7 Å². The molecule has 1 saturated carbocycles. The summed E-state index contributed by atoms with van der Waals surface area (Å²) in [7, 11) is 0. The normalized spacial score (nSPS) is 32.6. The molecule has 28 heavy (non-hydrogen) atoms. The summed E-state index contributed by atoms with van der Waals surface area (Å²) in [6.07, 6.45) is 3.10. The van der Waals surface area contributed by atoms with Crippen LogP contribution in [0.3, 0.4) is 0 Å². The highest BCUT2D eigenvalue weighted by Gasteiger charge is 2.51. The molecular weight excluding hydrogens is 364 g/mol. The molecule has 2 unspecified atom stereocenters. The number of piperidine rings is 3. The minimum Gasteiger partial charge on any atom is -0.348 e. The van der Waals surface area contributed by atoms with E-state index in [4.69, 9.17) is 0 Å². The van der Waals surface area contributed by atoms with Crippen molar-refractivity contribution in [2.75, 3.05) is 26.2 Å². The predicted octanol–water partition coefficient (Wildman–Crippen LogP) is 0.791. The van der Waals surface area contributed by atoms with E-state index in [-0.39, 0.29) is 34.8 Å². The number of benzene rings is 1. The van der Waals surface area contributed by atoms with Gasteiger partial charge in [0.15, 0.2) is 0 Å². The van der Waals surface area contributed by atoms with Crippen molar-refractivity contribution in [2.24, 2.45) is 11.8 Å². The number of hydrogen-bond donors (Lipinski definition) is 1. The van der Waals surface area contributed by atoms with Gasteiger partial charge in [-0.25, -0.2) is 0 Å². The van der Waals surface area contributed by atoms with Crippen LogP contribution in [-0.2, 0) is 4.79 Å². The second-order valence-electron chi connectivity index (χ2n) is 8.58. The highest BCUT2D eigenvalue weighted by molar-refractivity contribution is 6.22. The monoisotopic (exact) mass is 384 g/mol. The highest BCUT2D eigenvalue weighted by atomic mass is 16.6. The molecule has 1 N–H and O–H groups in total. The molecule has 4 bridgehead atoms. The zero-order valence-corrected chi connectivity index (χ0v) is 15.2. The van der Waals surface area contributed by atoms with Crippen LogP contribution in [0.2, 0.25) is 0 Å². The van der Waals surface area contributed by atoms with Crippen molar-refractivity contribution < 1.29 is 19.3 Å². The van der Waals surface area contributed by atoms with Crippen molar-refractivity contribution in [2.45, 2.75) is 24.8 Å². The molecule has 3 saturated heterocycles. The number of amides is 3. The van der Waals surface area contributed by atoms with Crippen molar-refractivity contribution in [3.63, 3.8) is 0 Å². The van der Waals surface area contributed by atoms with E-state index in [0.717, 1.165) is 43.4 Å². The summed E-state index contributed by atoms with van der Waals surface area (Å²) in [5, 5.41) is 14.0. The fourth-order valence-corrected chi connectivity index (χ4v) is 5.75. The Morgan fingerprint density at radius 1 is 1.18 bits per heavy atom. The molecule has 1 aliphatic carbocycles. The van der Waals surface area contributed by atoms with E-state index in [9.17, 15) is 24.5 Å². The van der Waals surface area contributed by atoms with Crippen LogP contribution < -0.4 is 5.32 Å². The number of nitro groups is 1. The molecule has 9 heteroatoms. The number of non-ortho nitro benzene ring substituents is 1. The van der Waals surface area contributed by atoms with Gasteiger partial charge in [-0.15, -0.1) is 0 Å². The topological polar surface area (TPSA) is 113 Å². The van der Waals surface area contributed by atoms with Crippen molar-refractivity contribution in [1.82, 2.24) is 15.1 Å². The van der Waals surface area contributed by atoms with E-state index in [2.05, 4.69) is 10.2 Å². The van der Waals surface area contributed by atoms with Gasteiger partial charge in [-0.3, -0.25) is 29.4 Å². The Balaban J connectivity index is 1.31. The third-order valence-electron chi connectivity index (χ3n) is 6.46. The molecule has 6 rings (SSSR count).